The highest BCUT2D eigenvalue weighted by Gasteiger charge is 2.26. The largest absolute Gasteiger partial charge is 0.341 e. The van der Waals surface area contributed by atoms with Crippen LogP contribution in [0.4, 0.5) is 0 Å². The van der Waals surface area contributed by atoms with Crippen LogP contribution in [0.15, 0.2) is 0 Å². The van der Waals surface area contributed by atoms with Gasteiger partial charge in [-0.25, -0.2) is 0 Å². The van der Waals surface area contributed by atoms with Crippen molar-refractivity contribution >= 4 is 5.91 Å². The van der Waals surface area contributed by atoms with Crippen LogP contribution in [-0.2, 0) is 4.79 Å². The van der Waals surface area contributed by atoms with Crippen LogP contribution >= 0.6 is 0 Å². The zero-order valence-electron chi connectivity index (χ0n) is 10.1. The number of nitrogens with two attached hydrogens (primary N) is 1. The second-order valence-electron chi connectivity index (χ2n) is 4.73. The molecule has 0 spiro atoms. The quantitative estimate of drug-likeness (QED) is 0.722. The minimum atomic E-state index is 0.0877. The lowest BCUT2D eigenvalue weighted by atomic mass is 10.1. The van der Waals surface area contributed by atoms with Crippen LogP contribution < -0.4 is 5.73 Å². The van der Waals surface area contributed by atoms with Gasteiger partial charge in [-0.15, -0.1) is 0 Å². The van der Waals surface area contributed by atoms with Crippen molar-refractivity contribution in [1.29, 1.82) is 0 Å². The van der Waals surface area contributed by atoms with E-state index < -0.39 is 0 Å². The van der Waals surface area contributed by atoms with Crippen molar-refractivity contribution in [3.63, 3.8) is 0 Å². The first kappa shape index (κ1) is 12.5. The average Bonchev–Trinajstić information content (AvgIpc) is 2.65. The maximum absolute atomic E-state index is 11.4. The Kier molecular flexibility index (Phi) is 4.54. The summed E-state index contributed by atoms with van der Waals surface area (Å²) in [4.78, 5) is 15.6. The summed E-state index contributed by atoms with van der Waals surface area (Å²) in [5.74, 6) is 0.706. The summed E-state index contributed by atoms with van der Waals surface area (Å²) in [5.41, 5.74) is 5.35. The molecule has 0 radical (unpaired) electrons. The van der Waals surface area contributed by atoms with Gasteiger partial charge in [-0.3, -0.25) is 4.79 Å². The third-order valence-corrected chi connectivity index (χ3v) is 3.24. The maximum atomic E-state index is 11.4. The summed E-state index contributed by atoms with van der Waals surface area (Å²) >= 11 is 0. The molecule has 4 nitrogen and oxygen atoms in total. The Balaban J connectivity index is 2.33. The van der Waals surface area contributed by atoms with Crippen molar-refractivity contribution < 1.29 is 4.79 Å². The molecule has 0 aromatic rings. The summed E-state index contributed by atoms with van der Waals surface area (Å²) in [6, 6.07) is 0.573. The second kappa shape index (κ2) is 5.47. The fourth-order valence-corrected chi connectivity index (χ4v) is 1.96. The summed E-state index contributed by atoms with van der Waals surface area (Å²) in [6.45, 7) is 7.37. The van der Waals surface area contributed by atoms with Crippen LogP contribution in [0.3, 0.4) is 0 Å². The Bertz CT molecular complexity index is 218. The first-order valence-corrected chi connectivity index (χ1v) is 5.72. The molecule has 1 unspecified atom stereocenters. The van der Waals surface area contributed by atoms with Gasteiger partial charge < -0.3 is 15.5 Å². The van der Waals surface area contributed by atoms with E-state index in [2.05, 4.69) is 25.8 Å². The van der Waals surface area contributed by atoms with E-state index in [9.17, 15) is 4.79 Å². The van der Waals surface area contributed by atoms with Gasteiger partial charge in [0.05, 0.1) is 6.54 Å². The van der Waals surface area contributed by atoms with Crippen LogP contribution in [0.2, 0.25) is 0 Å². The molecule has 1 heterocycles. The third kappa shape index (κ3) is 3.47. The van der Waals surface area contributed by atoms with Crippen molar-refractivity contribution in [2.24, 2.45) is 11.7 Å². The Labute approximate surface area is 92.4 Å². The molecule has 0 aliphatic carbocycles. The van der Waals surface area contributed by atoms with Crippen LogP contribution in [0.5, 0.6) is 0 Å². The van der Waals surface area contributed by atoms with E-state index in [-0.39, 0.29) is 12.5 Å². The number of hydrogen-bond acceptors (Lipinski definition) is 3. The minimum Gasteiger partial charge on any atom is -0.341 e. The lowest BCUT2D eigenvalue weighted by molar-refractivity contribution is -0.128. The number of likely N-dealkylation sites (tertiary alicyclic amines) is 1. The minimum absolute atomic E-state index is 0.0877. The molecule has 0 saturated carbocycles. The maximum Gasteiger partial charge on any atom is 0.236 e. The Morgan fingerprint density at radius 2 is 2.27 bits per heavy atom. The highest BCUT2D eigenvalue weighted by Crippen LogP contribution is 2.17. The predicted octanol–water partition coefficient (Wildman–Crippen LogP) is 0.134. The number of amides is 1. The molecule has 1 amide bonds. The number of carbonyl (C=O) groups is 1. The first-order valence-electron chi connectivity index (χ1n) is 5.72. The molecule has 0 bridgehead atoms. The van der Waals surface area contributed by atoms with Gasteiger partial charge in [0.25, 0.3) is 0 Å². The lowest BCUT2D eigenvalue weighted by Gasteiger charge is -2.24. The van der Waals surface area contributed by atoms with E-state index in [0.717, 1.165) is 26.1 Å². The Morgan fingerprint density at radius 1 is 1.60 bits per heavy atom. The smallest absolute Gasteiger partial charge is 0.236 e. The summed E-state index contributed by atoms with van der Waals surface area (Å²) < 4.78 is 0. The van der Waals surface area contributed by atoms with Gasteiger partial charge in [0.1, 0.15) is 0 Å². The van der Waals surface area contributed by atoms with E-state index in [1.54, 1.807) is 0 Å². The molecule has 4 heteroatoms. The molecule has 15 heavy (non-hydrogen) atoms. The van der Waals surface area contributed by atoms with Crippen LogP contribution in [-0.4, -0.2) is 55.0 Å². The fraction of sp³-hybridized carbons (Fsp3) is 0.909. The van der Waals surface area contributed by atoms with Crippen molar-refractivity contribution in [2.75, 3.05) is 33.2 Å². The molecular formula is C11H23N3O. The molecule has 88 valence electrons. The number of nitrogens with zero attached hydrogens (tertiary/aromatic N) is 2. The topological polar surface area (TPSA) is 49.6 Å². The van der Waals surface area contributed by atoms with Crippen molar-refractivity contribution in [1.82, 2.24) is 9.80 Å². The average molecular weight is 213 g/mol. The molecule has 1 saturated heterocycles. The molecule has 1 rings (SSSR count). The van der Waals surface area contributed by atoms with Gasteiger partial charge in [0, 0.05) is 25.7 Å². The predicted molar refractivity (Wildman–Crippen MR) is 61.5 cm³/mol. The van der Waals surface area contributed by atoms with Gasteiger partial charge in [0.15, 0.2) is 0 Å². The van der Waals surface area contributed by atoms with Gasteiger partial charge in [-0.05, 0) is 33.2 Å². The zero-order chi connectivity index (χ0) is 11.4. The molecule has 0 aromatic heterocycles. The second-order valence-corrected chi connectivity index (χ2v) is 4.73. The van der Waals surface area contributed by atoms with E-state index in [4.69, 9.17) is 5.73 Å². The Hall–Kier alpha value is -0.610. The molecular weight excluding hydrogens is 190 g/mol. The zero-order valence-corrected chi connectivity index (χ0v) is 10.1. The standard InChI is InChI=1S/C11H23N3O/c1-9(2)13(3)7-10-4-5-14(8-10)11(15)6-12/h9-10H,4-8,12H2,1-3H3. The molecule has 1 aliphatic rings. The number of carbonyl (C=O) groups excluding carboxylic acids is 1. The van der Waals surface area contributed by atoms with E-state index in [1.165, 1.54) is 0 Å². The van der Waals surface area contributed by atoms with Crippen LogP contribution in [0.25, 0.3) is 0 Å². The number of rotatable bonds is 4. The van der Waals surface area contributed by atoms with Crippen LogP contribution in [0.1, 0.15) is 20.3 Å². The van der Waals surface area contributed by atoms with Crippen molar-refractivity contribution in [2.45, 2.75) is 26.3 Å². The van der Waals surface area contributed by atoms with Gasteiger partial charge in [-0.2, -0.15) is 0 Å². The van der Waals surface area contributed by atoms with Crippen molar-refractivity contribution in [3.8, 4) is 0 Å². The molecule has 1 aliphatic heterocycles. The highest BCUT2D eigenvalue weighted by atomic mass is 16.2. The van der Waals surface area contributed by atoms with Crippen LogP contribution in [0, 0.1) is 5.92 Å². The molecule has 2 N–H and O–H groups in total. The van der Waals surface area contributed by atoms with Crippen molar-refractivity contribution in [3.05, 3.63) is 0 Å². The SMILES string of the molecule is CC(C)N(C)CC1CCN(C(=O)CN)C1. The highest BCUT2D eigenvalue weighted by molar-refractivity contribution is 5.78. The van der Waals surface area contributed by atoms with Gasteiger partial charge >= 0.3 is 0 Å². The fourth-order valence-electron chi connectivity index (χ4n) is 1.96. The summed E-state index contributed by atoms with van der Waals surface area (Å²) in [7, 11) is 2.14. The van der Waals surface area contributed by atoms with Gasteiger partial charge in [0.2, 0.25) is 5.91 Å². The third-order valence-electron chi connectivity index (χ3n) is 3.24. The monoisotopic (exact) mass is 213 g/mol. The first-order chi connectivity index (χ1) is 7.04. The molecule has 1 atom stereocenters. The number of hydrogen-bond donors (Lipinski definition) is 1. The van der Waals surface area contributed by atoms with E-state index >= 15 is 0 Å². The molecule has 0 aromatic carbocycles. The van der Waals surface area contributed by atoms with Gasteiger partial charge in [-0.1, -0.05) is 0 Å². The summed E-state index contributed by atoms with van der Waals surface area (Å²) in [5, 5.41) is 0. The Morgan fingerprint density at radius 3 is 2.80 bits per heavy atom. The van der Waals surface area contributed by atoms with E-state index in [0.29, 0.717) is 12.0 Å². The molecule has 1 fully saturated rings. The summed E-state index contributed by atoms with van der Waals surface area (Å²) in [6.07, 6.45) is 1.11. The van der Waals surface area contributed by atoms with E-state index in [1.807, 2.05) is 4.90 Å². The normalized spacial score (nSPS) is 21.7. The lowest BCUT2D eigenvalue weighted by Crippen LogP contribution is -2.36.